The van der Waals surface area contributed by atoms with Crippen molar-refractivity contribution in [3.8, 4) is 0 Å². The largest absolute Gasteiger partial charge is 0.352 e. The summed E-state index contributed by atoms with van der Waals surface area (Å²) in [6.45, 7) is 11.9. The Bertz CT molecular complexity index is 568. The van der Waals surface area contributed by atoms with Gasteiger partial charge in [0.15, 0.2) is 5.96 Å². The lowest BCUT2D eigenvalue weighted by Crippen LogP contribution is -2.50. The van der Waals surface area contributed by atoms with E-state index in [0.29, 0.717) is 0 Å². The van der Waals surface area contributed by atoms with Gasteiger partial charge in [0.1, 0.15) is 0 Å². The van der Waals surface area contributed by atoms with Gasteiger partial charge in [0.25, 0.3) is 0 Å². The molecule has 0 radical (unpaired) electrons. The van der Waals surface area contributed by atoms with Gasteiger partial charge in [-0.2, -0.15) is 16.9 Å². The van der Waals surface area contributed by atoms with Crippen LogP contribution in [0.1, 0.15) is 44.6 Å². The molecule has 0 bridgehead atoms. The molecule has 1 aromatic rings. The molecule has 0 aromatic carbocycles. The molecule has 0 unspecified atom stereocenters. The fourth-order valence-corrected chi connectivity index (χ4v) is 4.40. The van der Waals surface area contributed by atoms with Crippen molar-refractivity contribution in [1.29, 1.82) is 0 Å². The third kappa shape index (κ3) is 5.03. The monoisotopic (exact) mass is 465 g/mol. The molecule has 2 rings (SSSR count). The van der Waals surface area contributed by atoms with E-state index in [-0.39, 0.29) is 28.7 Å². The van der Waals surface area contributed by atoms with Crippen LogP contribution in [0.15, 0.2) is 4.99 Å². The molecule has 1 aliphatic heterocycles. The lowest BCUT2D eigenvalue weighted by atomic mass is 10.1. The fraction of sp³-hybridized carbons (Fsp3) is 0.765. The van der Waals surface area contributed by atoms with Gasteiger partial charge in [0.2, 0.25) is 0 Å². The molecule has 0 atom stereocenters. The molecule has 1 aliphatic rings. The molecule has 5 nitrogen and oxygen atoms in total. The Kier molecular flexibility index (Phi) is 8.38. The van der Waals surface area contributed by atoms with Crippen molar-refractivity contribution in [2.24, 2.45) is 12.0 Å². The van der Waals surface area contributed by atoms with Crippen LogP contribution >= 0.6 is 35.7 Å². The number of nitrogens with zero attached hydrogens (tertiary/aromatic N) is 4. The molecule has 1 fully saturated rings. The highest BCUT2D eigenvalue weighted by molar-refractivity contribution is 14.0. The second-order valence-corrected chi connectivity index (χ2v) is 8.44. The zero-order chi connectivity index (χ0) is 17.0. The molecule has 138 valence electrons. The molecular weight excluding hydrogens is 433 g/mol. The number of aliphatic imine (C=N–C) groups is 1. The minimum Gasteiger partial charge on any atom is -0.352 e. The second-order valence-electron chi connectivity index (χ2n) is 6.63. The summed E-state index contributed by atoms with van der Waals surface area (Å²) < 4.78 is 2.31. The fourth-order valence-electron chi connectivity index (χ4n) is 3.29. The summed E-state index contributed by atoms with van der Waals surface area (Å²) in [7, 11) is 3.92. The summed E-state index contributed by atoms with van der Waals surface area (Å²) in [6.07, 6.45) is 1.98. The number of thioether (sulfide) groups is 1. The average Bonchev–Trinajstić information content (AvgIpc) is 2.82. The van der Waals surface area contributed by atoms with E-state index in [0.717, 1.165) is 44.2 Å². The Morgan fingerprint density at radius 2 is 2.04 bits per heavy atom. The number of hydrogen-bond donors (Lipinski definition) is 1. The zero-order valence-electron chi connectivity index (χ0n) is 15.8. The summed E-state index contributed by atoms with van der Waals surface area (Å²) in [4.78, 5) is 6.88. The maximum Gasteiger partial charge on any atom is 0.193 e. The van der Waals surface area contributed by atoms with Crippen LogP contribution in [-0.2, 0) is 26.4 Å². The molecule has 1 aromatic heterocycles. The molecule has 0 aliphatic carbocycles. The maximum atomic E-state index is 4.66. The molecule has 7 heteroatoms. The predicted octanol–water partition coefficient (Wildman–Crippen LogP) is 3.07. The number of hydrogen-bond acceptors (Lipinski definition) is 3. The van der Waals surface area contributed by atoms with Crippen molar-refractivity contribution in [3.05, 3.63) is 17.0 Å². The van der Waals surface area contributed by atoms with E-state index in [2.05, 4.69) is 48.0 Å². The summed E-state index contributed by atoms with van der Waals surface area (Å²) in [5.41, 5.74) is 3.85. The van der Waals surface area contributed by atoms with Crippen molar-refractivity contribution < 1.29 is 0 Å². The Labute approximate surface area is 168 Å². The van der Waals surface area contributed by atoms with Gasteiger partial charge in [-0.25, -0.2) is 0 Å². The zero-order valence-corrected chi connectivity index (χ0v) is 19.0. The SMILES string of the molecule is CCc1nn(C)c(CC)c1CNC(=NC)N1CCSC(C)(C)C1.I. The van der Waals surface area contributed by atoms with Gasteiger partial charge in [-0.1, -0.05) is 13.8 Å². The highest BCUT2D eigenvalue weighted by Gasteiger charge is 2.28. The van der Waals surface area contributed by atoms with Crippen molar-refractivity contribution in [3.63, 3.8) is 0 Å². The summed E-state index contributed by atoms with van der Waals surface area (Å²) in [6, 6.07) is 0. The van der Waals surface area contributed by atoms with Gasteiger partial charge >= 0.3 is 0 Å². The van der Waals surface area contributed by atoms with Crippen LogP contribution in [0.3, 0.4) is 0 Å². The van der Waals surface area contributed by atoms with Crippen molar-refractivity contribution >= 4 is 41.7 Å². The van der Waals surface area contributed by atoms with Crippen LogP contribution in [0.5, 0.6) is 0 Å². The Morgan fingerprint density at radius 1 is 1.33 bits per heavy atom. The maximum absolute atomic E-state index is 4.66. The van der Waals surface area contributed by atoms with Crippen LogP contribution in [0.2, 0.25) is 0 Å². The predicted molar refractivity (Wildman–Crippen MR) is 116 cm³/mol. The molecule has 0 saturated carbocycles. The average molecular weight is 465 g/mol. The quantitative estimate of drug-likeness (QED) is 0.422. The number of aryl methyl sites for hydroxylation is 2. The van der Waals surface area contributed by atoms with Crippen molar-refractivity contribution in [1.82, 2.24) is 20.0 Å². The highest BCUT2D eigenvalue weighted by atomic mass is 127. The van der Waals surface area contributed by atoms with E-state index in [1.165, 1.54) is 17.0 Å². The summed E-state index contributed by atoms with van der Waals surface area (Å²) in [5, 5.41) is 8.23. The standard InChI is InChI=1S/C17H31N5S.HI/c1-7-14-13(15(8-2)21(6)20-14)11-19-16(18-5)22-9-10-23-17(3,4)12-22;/h7-12H2,1-6H3,(H,18,19);1H. The van der Waals surface area contributed by atoms with Crippen LogP contribution < -0.4 is 5.32 Å². The minimum absolute atomic E-state index is 0. The number of aromatic nitrogens is 2. The minimum atomic E-state index is 0. The molecule has 0 spiro atoms. The van der Waals surface area contributed by atoms with E-state index in [1.807, 2.05) is 30.5 Å². The molecule has 1 saturated heterocycles. The molecular formula is C17H32IN5S. The number of guanidine groups is 1. The smallest absolute Gasteiger partial charge is 0.193 e. The van der Waals surface area contributed by atoms with Crippen LogP contribution in [0.4, 0.5) is 0 Å². The lowest BCUT2D eigenvalue weighted by molar-refractivity contribution is 0.375. The van der Waals surface area contributed by atoms with Crippen molar-refractivity contribution in [2.75, 3.05) is 25.9 Å². The first kappa shape index (κ1) is 21.6. The van der Waals surface area contributed by atoms with E-state index in [1.54, 1.807) is 0 Å². The van der Waals surface area contributed by atoms with Gasteiger partial charge in [0, 0.05) is 55.5 Å². The first-order valence-corrected chi connectivity index (χ1v) is 9.53. The van der Waals surface area contributed by atoms with Gasteiger partial charge < -0.3 is 10.2 Å². The Hall–Kier alpha value is -0.440. The van der Waals surface area contributed by atoms with Gasteiger partial charge in [-0.05, 0) is 26.7 Å². The van der Waals surface area contributed by atoms with Gasteiger partial charge in [-0.3, -0.25) is 9.67 Å². The van der Waals surface area contributed by atoms with Crippen molar-refractivity contribution in [2.45, 2.75) is 51.8 Å². The first-order chi connectivity index (χ1) is 10.9. The van der Waals surface area contributed by atoms with Gasteiger partial charge in [0.05, 0.1) is 5.69 Å². The lowest BCUT2D eigenvalue weighted by Gasteiger charge is -2.39. The summed E-state index contributed by atoms with van der Waals surface area (Å²) >= 11 is 2.04. The Morgan fingerprint density at radius 3 is 2.58 bits per heavy atom. The molecule has 1 N–H and O–H groups in total. The van der Waals surface area contributed by atoms with E-state index in [4.69, 9.17) is 0 Å². The van der Waals surface area contributed by atoms with E-state index >= 15 is 0 Å². The molecule has 2 heterocycles. The summed E-state index contributed by atoms with van der Waals surface area (Å²) in [5.74, 6) is 2.16. The topological polar surface area (TPSA) is 45.5 Å². The third-order valence-corrected chi connectivity index (χ3v) is 5.69. The van der Waals surface area contributed by atoms with Gasteiger partial charge in [-0.15, -0.1) is 24.0 Å². The van der Waals surface area contributed by atoms with Crippen LogP contribution in [0, 0.1) is 0 Å². The third-order valence-electron chi connectivity index (χ3n) is 4.39. The Balaban J connectivity index is 0.00000288. The van der Waals surface area contributed by atoms with Crippen LogP contribution in [-0.4, -0.2) is 51.3 Å². The number of nitrogens with one attached hydrogen (secondary N) is 1. The molecule has 0 amide bonds. The normalized spacial score (nSPS) is 17.6. The number of halogens is 1. The van der Waals surface area contributed by atoms with E-state index in [9.17, 15) is 0 Å². The van der Waals surface area contributed by atoms with Crippen LogP contribution in [0.25, 0.3) is 0 Å². The highest BCUT2D eigenvalue weighted by Crippen LogP contribution is 2.29. The van der Waals surface area contributed by atoms with E-state index < -0.39 is 0 Å². The second kappa shape index (κ2) is 9.31. The first-order valence-electron chi connectivity index (χ1n) is 8.55. The number of rotatable bonds is 4. The molecule has 24 heavy (non-hydrogen) atoms.